The van der Waals surface area contributed by atoms with Crippen molar-refractivity contribution in [3.05, 3.63) is 139 Å². The number of nitro benzene ring substituents is 1. The van der Waals surface area contributed by atoms with E-state index >= 15 is 0 Å². The van der Waals surface area contributed by atoms with Gasteiger partial charge in [0, 0.05) is 33.3 Å². The van der Waals surface area contributed by atoms with Crippen LogP contribution in [-0.2, 0) is 17.0 Å². The molecule has 0 atom stereocenters. The zero-order valence-corrected chi connectivity index (χ0v) is 21.3. The molecule has 8 nitrogen and oxygen atoms in total. The molecular weight excluding hydrogens is 529 g/mol. The monoisotopic (exact) mass is 549 g/mol. The molecule has 4 aromatic rings. The van der Waals surface area contributed by atoms with Crippen molar-refractivity contribution in [2.24, 2.45) is 5.10 Å². The van der Waals surface area contributed by atoms with Crippen LogP contribution in [-0.4, -0.2) is 22.2 Å². The van der Waals surface area contributed by atoms with Crippen LogP contribution in [0.15, 0.2) is 102 Å². The molecule has 0 unspecified atom stereocenters. The summed E-state index contributed by atoms with van der Waals surface area (Å²) in [5.41, 5.74) is 1.55. The van der Waals surface area contributed by atoms with E-state index in [1.54, 1.807) is 78.9 Å². The number of hydrogen-bond donors (Lipinski definition) is 2. The number of amides is 1. The zero-order valence-electron chi connectivity index (χ0n) is 19.8. The van der Waals surface area contributed by atoms with E-state index in [0.29, 0.717) is 26.7 Å². The van der Waals surface area contributed by atoms with Crippen molar-refractivity contribution in [2.45, 2.75) is 12.2 Å². The summed E-state index contributed by atoms with van der Waals surface area (Å²) < 4.78 is 5.84. The lowest BCUT2D eigenvalue weighted by atomic mass is 9.85. The van der Waals surface area contributed by atoms with Crippen molar-refractivity contribution in [3.8, 4) is 5.75 Å². The van der Waals surface area contributed by atoms with Gasteiger partial charge in [0.15, 0.2) is 5.60 Å². The average Bonchev–Trinajstić information content (AvgIpc) is 2.93. The van der Waals surface area contributed by atoms with Crippen LogP contribution in [0.2, 0.25) is 10.0 Å². The minimum absolute atomic E-state index is 0.00865. The predicted octanol–water partition coefficient (Wildman–Crippen LogP) is 5.87. The van der Waals surface area contributed by atoms with Gasteiger partial charge in [0.2, 0.25) is 0 Å². The van der Waals surface area contributed by atoms with Gasteiger partial charge >= 0.3 is 0 Å². The standard InChI is InChI=1S/C28H21Cl2N3O5/c29-24-12-7-13-25(30)23(24)18-38-26-15-14-22(33(36)37)16-19(26)17-31-32-27(34)28(35,20-8-3-1-4-9-20)21-10-5-2-6-11-21/h1-17,35H,18H2,(H,32,34). The molecule has 0 aliphatic rings. The van der Waals surface area contributed by atoms with Crippen LogP contribution in [0.1, 0.15) is 22.3 Å². The first-order valence-corrected chi connectivity index (χ1v) is 12.1. The first-order chi connectivity index (χ1) is 18.3. The second-order valence-corrected chi connectivity index (χ2v) is 8.92. The topological polar surface area (TPSA) is 114 Å². The molecule has 4 aromatic carbocycles. The largest absolute Gasteiger partial charge is 0.488 e. The van der Waals surface area contributed by atoms with E-state index in [9.17, 15) is 20.0 Å². The summed E-state index contributed by atoms with van der Waals surface area (Å²) in [6, 6.07) is 25.9. The normalized spacial score (nSPS) is 11.3. The third kappa shape index (κ3) is 5.84. The van der Waals surface area contributed by atoms with Gasteiger partial charge in [-0.2, -0.15) is 5.10 Å². The summed E-state index contributed by atoms with van der Waals surface area (Å²) in [6.07, 6.45) is 1.20. The third-order valence-electron chi connectivity index (χ3n) is 5.72. The molecule has 0 aromatic heterocycles. The molecular formula is C28H21Cl2N3O5. The number of halogens is 2. The van der Waals surface area contributed by atoms with Crippen LogP contribution in [0.3, 0.4) is 0 Å². The number of carbonyl (C=O) groups is 1. The summed E-state index contributed by atoms with van der Waals surface area (Å²) in [6.45, 7) is -0.00865. The Morgan fingerprint density at radius 2 is 1.53 bits per heavy atom. The van der Waals surface area contributed by atoms with Crippen molar-refractivity contribution in [2.75, 3.05) is 0 Å². The summed E-state index contributed by atoms with van der Waals surface area (Å²) >= 11 is 12.4. The fourth-order valence-corrected chi connectivity index (χ4v) is 4.24. The molecule has 0 fully saturated rings. The first-order valence-electron chi connectivity index (χ1n) is 11.3. The molecule has 0 saturated carbocycles. The first kappa shape index (κ1) is 26.8. The highest BCUT2D eigenvalue weighted by Gasteiger charge is 2.39. The number of rotatable bonds is 9. The highest BCUT2D eigenvalue weighted by atomic mass is 35.5. The van der Waals surface area contributed by atoms with E-state index in [1.165, 1.54) is 24.4 Å². The van der Waals surface area contributed by atoms with Gasteiger partial charge in [-0.25, -0.2) is 5.43 Å². The van der Waals surface area contributed by atoms with Crippen molar-refractivity contribution >= 4 is 41.0 Å². The van der Waals surface area contributed by atoms with E-state index in [2.05, 4.69) is 10.5 Å². The maximum atomic E-state index is 13.3. The van der Waals surface area contributed by atoms with Gasteiger partial charge in [-0.15, -0.1) is 0 Å². The Bertz CT molecular complexity index is 1420. The molecule has 4 rings (SSSR count). The SMILES string of the molecule is O=C(NN=Cc1cc([N+](=O)[O-])ccc1OCc1c(Cl)cccc1Cl)C(O)(c1ccccc1)c1ccccc1. The molecule has 192 valence electrons. The highest BCUT2D eigenvalue weighted by Crippen LogP contribution is 2.31. The molecule has 2 N–H and O–H groups in total. The lowest BCUT2D eigenvalue weighted by Crippen LogP contribution is -2.43. The smallest absolute Gasteiger partial charge is 0.281 e. The Labute approximate surface area is 228 Å². The number of hydrazone groups is 1. The molecule has 0 aliphatic carbocycles. The molecule has 0 spiro atoms. The van der Waals surface area contributed by atoms with Gasteiger partial charge in [0.25, 0.3) is 11.6 Å². The van der Waals surface area contributed by atoms with E-state index in [0.717, 1.165) is 0 Å². The van der Waals surface area contributed by atoms with E-state index < -0.39 is 16.4 Å². The molecule has 38 heavy (non-hydrogen) atoms. The van der Waals surface area contributed by atoms with Crippen molar-refractivity contribution in [3.63, 3.8) is 0 Å². The third-order valence-corrected chi connectivity index (χ3v) is 6.43. The molecule has 0 heterocycles. The minimum Gasteiger partial charge on any atom is -0.488 e. The van der Waals surface area contributed by atoms with Gasteiger partial charge in [0.05, 0.1) is 11.1 Å². The van der Waals surface area contributed by atoms with Crippen LogP contribution in [0.4, 0.5) is 5.69 Å². The summed E-state index contributed by atoms with van der Waals surface area (Å²) in [5.74, 6) is -0.576. The quantitative estimate of drug-likeness (QED) is 0.154. The van der Waals surface area contributed by atoms with E-state index in [4.69, 9.17) is 27.9 Å². The minimum atomic E-state index is -2.04. The number of benzene rings is 4. The second kappa shape index (κ2) is 11.9. The van der Waals surface area contributed by atoms with Crippen molar-refractivity contribution in [1.29, 1.82) is 0 Å². The predicted molar refractivity (Wildman–Crippen MR) is 146 cm³/mol. The molecule has 0 radical (unpaired) electrons. The van der Waals surface area contributed by atoms with Gasteiger partial charge in [-0.05, 0) is 29.3 Å². The summed E-state index contributed by atoms with van der Waals surface area (Å²) in [5, 5.41) is 27.7. The average molecular weight is 550 g/mol. The maximum Gasteiger partial charge on any atom is 0.281 e. The number of hydrogen-bond acceptors (Lipinski definition) is 6. The summed E-state index contributed by atoms with van der Waals surface area (Å²) in [4.78, 5) is 24.0. The molecule has 10 heteroatoms. The van der Waals surface area contributed by atoms with E-state index in [-0.39, 0.29) is 23.6 Å². The number of carbonyl (C=O) groups excluding carboxylic acids is 1. The van der Waals surface area contributed by atoms with Gasteiger partial charge in [-0.3, -0.25) is 14.9 Å². The molecule has 1 amide bonds. The lowest BCUT2D eigenvalue weighted by Gasteiger charge is -2.27. The highest BCUT2D eigenvalue weighted by molar-refractivity contribution is 6.35. The Hall–Kier alpha value is -4.24. The maximum absolute atomic E-state index is 13.3. The van der Waals surface area contributed by atoms with Crippen LogP contribution in [0.5, 0.6) is 5.75 Å². The number of ether oxygens (including phenoxy) is 1. The molecule has 0 bridgehead atoms. The number of nitrogens with zero attached hydrogens (tertiary/aromatic N) is 2. The van der Waals surface area contributed by atoms with Crippen LogP contribution < -0.4 is 10.2 Å². The number of nitrogens with one attached hydrogen (secondary N) is 1. The molecule has 0 saturated heterocycles. The Kier molecular flexibility index (Phi) is 8.38. The fraction of sp³-hybridized carbons (Fsp3) is 0.0714. The molecule has 0 aliphatic heterocycles. The fourth-order valence-electron chi connectivity index (χ4n) is 3.73. The van der Waals surface area contributed by atoms with Gasteiger partial charge in [-0.1, -0.05) is 89.9 Å². The number of aliphatic hydroxyl groups is 1. The zero-order chi connectivity index (χ0) is 27.1. The van der Waals surface area contributed by atoms with E-state index in [1.807, 2.05) is 0 Å². The summed E-state index contributed by atoms with van der Waals surface area (Å²) in [7, 11) is 0. The van der Waals surface area contributed by atoms with Crippen LogP contribution >= 0.6 is 23.2 Å². The number of non-ortho nitro benzene ring substituents is 1. The Balaban J connectivity index is 1.61. The Morgan fingerprint density at radius 3 is 2.08 bits per heavy atom. The van der Waals surface area contributed by atoms with Gasteiger partial charge < -0.3 is 9.84 Å². The van der Waals surface area contributed by atoms with Crippen molar-refractivity contribution in [1.82, 2.24) is 5.43 Å². The van der Waals surface area contributed by atoms with Gasteiger partial charge in [0.1, 0.15) is 12.4 Å². The number of nitro groups is 1. The second-order valence-electron chi connectivity index (χ2n) is 8.11. The Morgan fingerprint density at radius 1 is 0.947 bits per heavy atom. The lowest BCUT2D eigenvalue weighted by molar-refractivity contribution is -0.384. The van der Waals surface area contributed by atoms with Crippen LogP contribution in [0.25, 0.3) is 0 Å². The van der Waals surface area contributed by atoms with Crippen molar-refractivity contribution < 1.29 is 19.6 Å². The van der Waals surface area contributed by atoms with Crippen LogP contribution in [0, 0.1) is 10.1 Å².